The first-order valence-electron chi connectivity index (χ1n) is 8.15. The fourth-order valence-electron chi connectivity index (χ4n) is 3.18. The predicted octanol–water partition coefficient (Wildman–Crippen LogP) is 2.25. The Morgan fingerprint density at radius 3 is 2.11 bits per heavy atom. The summed E-state index contributed by atoms with van der Waals surface area (Å²) in [5.74, 6) is 1.23. The van der Waals surface area contributed by atoms with Crippen LogP contribution in [0, 0.1) is 0 Å². The Hall–Kier alpha value is -2.93. The van der Waals surface area contributed by atoms with Crippen LogP contribution in [0.2, 0.25) is 5.02 Å². The quantitative estimate of drug-likeness (QED) is 0.790. The normalized spacial score (nSPS) is 18.7. The lowest BCUT2D eigenvalue weighted by atomic mass is 9.84. The van der Waals surface area contributed by atoms with Crippen LogP contribution in [0.4, 0.5) is 0 Å². The molecule has 3 rings (SSSR count). The van der Waals surface area contributed by atoms with Crippen LogP contribution in [-0.4, -0.2) is 33.2 Å². The second kappa shape index (κ2) is 7.36. The van der Waals surface area contributed by atoms with Crippen LogP contribution in [0.3, 0.4) is 0 Å². The average Bonchev–Trinajstić information content (AvgIpc) is 2.95. The van der Waals surface area contributed by atoms with E-state index < -0.39 is 5.54 Å². The zero-order valence-corrected chi connectivity index (χ0v) is 16.0. The van der Waals surface area contributed by atoms with Crippen molar-refractivity contribution in [3.8, 4) is 17.2 Å². The summed E-state index contributed by atoms with van der Waals surface area (Å²) in [6.07, 6.45) is 0.248. The minimum Gasteiger partial charge on any atom is -0.493 e. The van der Waals surface area contributed by atoms with E-state index in [4.69, 9.17) is 31.5 Å². The number of rotatable bonds is 6. The Morgan fingerprint density at radius 2 is 1.67 bits per heavy atom. The van der Waals surface area contributed by atoms with Gasteiger partial charge >= 0.3 is 0 Å². The number of halogens is 1. The van der Waals surface area contributed by atoms with Gasteiger partial charge in [-0.15, -0.1) is 0 Å². The molecule has 0 spiro atoms. The van der Waals surface area contributed by atoms with Crippen molar-refractivity contribution in [1.29, 1.82) is 0 Å². The summed E-state index contributed by atoms with van der Waals surface area (Å²) in [6, 6.07) is 10.5. The number of benzene rings is 2. The molecular weight excluding hydrogens is 370 g/mol. The zero-order valence-electron chi connectivity index (χ0n) is 15.2. The van der Waals surface area contributed by atoms with Gasteiger partial charge in [0.1, 0.15) is 0 Å². The third-order valence-corrected chi connectivity index (χ3v) is 4.69. The maximum Gasteiger partial charge on any atom is 0.259 e. The number of nitrogens with one attached hydrogen (secondary N) is 1. The summed E-state index contributed by atoms with van der Waals surface area (Å²) in [4.78, 5) is 17.2. The zero-order chi connectivity index (χ0) is 19.6. The minimum absolute atomic E-state index is 0.0717. The maximum atomic E-state index is 12.8. The van der Waals surface area contributed by atoms with Gasteiger partial charge in [0, 0.05) is 11.4 Å². The second-order valence-electron chi connectivity index (χ2n) is 6.03. The highest BCUT2D eigenvalue weighted by atomic mass is 35.5. The Labute approximate surface area is 162 Å². The molecule has 0 aliphatic carbocycles. The largest absolute Gasteiger partial charge is 0.493 e. The number of nitrogens with two attached hydrogens (primary N) is 1. The van der Waals surface area contributed by atoms with Gasteiger partial charge in [-0.25, -0.2) is 4.99 Å². The Morgan fingerprint density at radius 1 is 1.07 bits per heavy atom. The van der Waals surface area contributed by atoms with Gasteiger partial charge in [0.15, 0.2) is 23.0 Å². The molecule has 0 unspecified atom stereocenters. The number of hydrogen-bond donors (Lipinski definition) is 2. The number of methoxy groups -OCH3 is 3. The third kappa shape index (κ3) is 3.38. The molecule has 8 heteroatoms. The van der Waals surface area contributed by atoms with E-state index in [2.05, 4.69) is 10.3 Å². The summed E-state index contributed by atoms with van der Waals surface area (Å²) in [7, 11) is 4.60. The number of guanidine groups is 1. The standard InChI is InChI=1S/C19H20ClN3O4/c1-25-14-8-11(9-15(26-2)16(14)27-3)10-19(17(24)22-18(21)23-19)12-4-6-13(20)7-5-12/h4-9H,10H2,1-3H3,(H3,21,22,23,24)/t19-/m1/s1. The Bertz CT molecular complexity index is 873. The van der Waals surface area contributed by atoms with E-state index in [1.54, 1.807) is 36.4 Å². The number of nitrogens with zero attached hydrogens (tertiary/aromatic N) is 1. The van der Waals surface area contributed by atoms with Gasteiger partial charge in [0.25, 0.3) is 5.91 Å². The minimum atomic E-state index is -1.21. The highest BCUT2D eigenvalue weighted by Crippen LogP contribution is 2.41. The van der Waals surface area contributed by atoms with Gasteiger partial charge in [-0.05, 0) is 35.4 Å². The first kappa shape index (κ1) is 18.8. The van der Waals surface area contributed by atoms with Crippen LogP contribution in [-0.2, 0) is 16.8 Å². The van der Waals surface area contributed by atoms with E-state index in [1.807, 2.05) is 0 Å². The van der Waals surface area contributed by atoms with E-state index in [9.17, 15) is 4.79 Å². The van der Waals surface area contributed by atoms with E-state index >= 15 is 0 Å². The molecule has 7 nitrogen and oxygen atoms in total. The van der Waals surface area contributed by atoms with Crippen molar-refractivity contribution in [2.75, 3.05) is 21.3 Å². The molecule has 2 aromatic rings. The number of carbonyl (C=O) groups excluding carboxylic acids is 1. The van der Waals surface area contributed by atoms with Gasteiger partial charge in [0.05, 0.1) is 21.3 Å². The van der Waals surface area contributed by atoms with Crippen molar-refractivity contribution >= 4 is 23.5 Å². The van der Waals surface area contributed by atoms with Crippen LogP contribution in [0.5, 0.6) is 17.2 Å². The molecule has 1 atom stereocenters. The molecule has 1 aliphatic rings. The van der Waals surface area contributed by atoms with Gasteiger partial charge in [-0.2, -0.15) is 0 Å². The molecule has 0 radical (unpaired) electrons. The average molecular weight is 390 g/mol. The Kier molecular flexibility index (Phi) is 5.14. The van der Waals surface area contributed by atoms with Crippen LogP contribution >= 0.6 is 11.6 Å². The van der Waals surface area contributed by atoms with Crippen molar-refractivity contribution in [2.45, 2.75) is 12.0 Å². The van der Waals surface area contributed by atoms with Crippen LogP contribution in [0.25, 0.3) is 0 Å². The highest BCUT2D eigenvalue weighted by Gasteiger charge is 2.45. The topological polar surface area (TPSA) is 95.2 Å². The molecule has 27 heavy (non-hydrogen) atoms. The third-order valence-electron chi connectivity index (χ3n) is 4.43. The second-order valence-corrected chi connectivity index (χ2v) is 6.47. The molecule has 1 aliphatic heterocycles. The SMILES string of the molecule is COc1cc(C[C@]2(c3ccc(Cl)cc3)N=C(N)NC2=O)cc(OC)c1OC. The van der Waals surface area contributed by atoms with E-state index in [-0.39, 0.29) is 18.3 Å². The van der Waals surface area contributed by atoms with Gasteiger partial charge < -0.3 is 19.9 Å². The van der Waals surface area contributed by atoms with Gasteiger partial charge in [0.2, 0.25) is 5.75 Å². The molecular formula is C19H20ClN3O4. The van der Waals surface area contributed by atoms with E-state index in [1.165, 1.54) is 21.3 Å². The lowest BCUT2D eigenvalue weighted by Gasteiger charge is -2.25. The van der Waals surface area contributed by atoms with E-state index in [0.29, 0.717) is 27.8 Å². The van der Waals surface area contributed by atoms with Crippen LogP contribution in [0.15, 0.2) is 41.4 Å². The maximum absolute atomic E-state index is 12.8. The van der Waals surface area contributed by atoms with Crippen molar-refractivity contribution < 1.29 is 19.0 Å². The van der Waals surface area contributed by atoms with Crippen molar-refractivity contribution in [3.05, 3.63) is 52.5 Å². The van der Waals surface area contributed by atoms with Gasteiger partial charge in [-0.1, -0.05) is 23.7 Å². The smallest absolute Gasteiger partial charge is 0.259 e. The first-order valence-corrected chi connectivity index (χ1v) is 8.53. The van der Waals surface area contributed by atoms with Gasteiger partial charge in [-0.3, -0.25) is 10.1 Å². The fourth-order valence-corrected chi connectivity index (χ4v) is 3.31. The summed E-state index contributed by atoms with van der Waals surface area (Å²) >= 11 is 5.99. The Balaban J connectivity index is 2.11. The molecule has 142 valence electrons. The highest BCUT2D eigenvalue weighted by molar-refractivity contribution is 6.30. The molecule has 1 amide bonds. The monoisotopic (exact) mass is 389 g/mol. The molecule has 0 fully saturated rings. The number of ether oxygens (including phenoxy) is 3. The number of carbonyl (C=O) groups is 1. The summed E-state index contributed by atoms with van der Waals surface area (Å²) in [5.41, 5.74) is 6.04. The lowest BCUT2D eigenvalue weighted by Crippen LogP contribution is -2.40. The molecule has 1 heterocycles. The number of amides is 1. The lowest BCUT2D eigenvalue weighted by molar-refractivity contribution is -0.124. The molecule has 3 N–H and O–H groups in total. The van der Waals surface area contributed by atoms with E-state index in [0.717, 1.165) is 5.56 Å². The first-order chi connectivity index (χ1) is 12.9. The number of hydrogen-bond acceptors (Lipinski definition) is 6. The summed E-state index contributed by atoms with van der Waals surface area (Å²) in [6.45, 7) is 0. The van der Waals surface area contributed by atoms with Crippen molar-refractivity contribution in [2.24, 2.45) is 10.7 Å². The molecule has 0 aromatic heterocycles. The number of aliphatic imine (C=N–C) groups is 1. The molecule has 0 bridgehead atoms. The molecule has 0 saturated carbocycles. The van der Waals surface area contributed by atoms with Crippen molar-refractivity contribution in [3.63, 3.8) is 0 Å². The van der Waals surface area contributed by atoms with Crippen molar-refractivity contribution in [1.82, 2.24) is 5.32 Å². The predicted molar refractivity (Wildman–Crippen MR) is 103 cm³/mol. The fraction of sp³-hybridized carbons (Fsp3) is 0.263. The molecule has 0 saturated heterocycles. The summed E-state index contributed by atoms with van der Waals surface area (Å²) < 4.78 is 16.2. The van der Waals surface area contributed by atoms with Crippen LogP contribution in [0.1, 0.15) is 11.1 Å². The molecule has 2 aromatic carbocycles. The van der Waals surface area contributed by atoms with Crippen LogP contribution < -0.4 is 25.3 Å². The summed E-state index contributed by atoms with van der Waals surface area (Å²) in [5, 5.41) is 3.16.